The van der Waals surface area contributed by atoms with Gasteiger partial charge in [0.2, 0.25) is 0 Å². The van der Waals surface area contributed by atoms with Crippen LogP contribution in [0.1, 0.15) is 43.0 Å². The molecule has 1 saturated carbocycles. The molecule has 18 heavy (non-hydrogen) atoms. The van der Waals surface area contributed by atoms with Crippen molar-refractivity contribution in [3.8, 4) is 0 Å². The van der Waals surface area contributed by atoms with Gasteiger partial charge < -0.3 is 11.1 Å². The summed E-state index contributed by atoms with van der Waals surface area (Å²) in [6, 6.07) is 5.26. The molecule has 0 bridgehead atoms. The highest BCUT2D eigenvalue weighted by Crippen LogP contribution is 2.25. The smallest absolute Gasteiger partial charge is 0.253 e. The minimum absolute atomic E-state index is 0.0984. The van der Waals surface area contributed by atoms with Crippen LogP contribution in [0.4, 0.5) is 5.69 Å². The minimum atomic E-state index is -0.0984. The van der Waals surface area contributed by atoms with E-state index in [1.54, 1.807) is 18.2 Å². The maximum atomic E-state index is 12.2. The summed E-state index contributed by atoms with van der Waals surface area (Å²) >= 11 is 6.04. The molecule has 1 aliphatic rings. The maximum absolute atomic E-state index is 12.2. The second-order valence-electron chi connectivity index (χ2n) is 5.08. The van der Waals surface area contributed by atoms with Gasteiger partial charge in [-0.3, -0.25) is 4.79 Å². The van der Waals surface area contributed by atoms with Crippen molar-refractivity contribution in [3.05, 3.63) is 28.8 Å². The number of carbonyl (C=O) groups excluding carboxylic acids is 1. The molecular formula is C14H19ClN2O. The molecule has 1 aromatic rings. The molecule has 0 unspecified atom stereocenters. The molecule has 0 radical (unpaired) electrons. The first kappa shape index (κ1) is 13.2. The summed E-state index contributed by atoms with van der Waals surface area (Å²) in [6.45, 7) is 2.19. The largest absolute Gasteiger partial charge is 0.399 e. The fourth-order valence-electron chi connectivity index (χ4n) is 2.49. The van der Waals surface area contributed by atoms with Crippen LogP contribution in [0.25, 0.3) is 0 Å². The number of rotatable bonds is 2. The summed E-state index contributed by atoms with van der Waals surface area (Å²) in [6.07, 6.45) is 4.68. The third kappa shape index (κ3) is 2.96. The SMILES string of the molecule is C[C@H]1CCCC[C@@H]1NC(=O)c1ccc(N)cc1Cl. The first-order valence-electron chi connectivity index (χ1n) is 6.44. The van der Waals surface area contributed by atoms with Gasteiger partial charge in [0.1, 0.15) is 0 Å². The van der Waals surface area contributed by atoms with Crippen LogP contribution >= 0.6 is 11.6 Å². The van der Waals surface area contributed by atoms with E-state index in [9.17, 15) is 4.79 Å². The normalized spacial score (nSPS) is 23.7. The van der Waals surface area contributed by atoms with E-state index in [2.05, 4.69) is 12.2 Å². The zero-order chi connectivity index (χ0) is 13.1. The van der Waals surface area contributed by atoms with Crippen molar-refractivity contribution in [1.29, 1.82) is 0 Å². The number of nitrogens with two attached hydrogens (primary N) is 1. The molecule has 0 aliphatic heterocycles. The molecular weight excluding hydrogens is 248 g/mol. The zero-order valence-corrected chi connectivity index (χ0v) is 11.3. The lowest BCUT2D eigenvalue weighted by Crippen LogP contribution is -2.41. The highest BCUT2D eigenvalue weighted by atomic mass is 35.5. The Morgan fingerprint density at radius 1 is 1.39 bits per heavy atom. The molecule has 2 rings (SSSR count). The quantitative estimate of drug-likeness (QED) is 0.808. The highest BCUT2D eigenvalue weighted by Gasteiger charge is 2.23. The van der Waals surface area contributed by atoms with Crippen LogP contribution in [-0.2, 0) is 0 Å². The Balaban J connectivity index is 2.07. The number of anilines is 1. The Bertz CT molecular complexity index is 447. The van der Waals surface area contributed by atoms with E-state index in [-0.39, 0.29) is 11.9 Å². The first-order chi connectivity index (χ1) is 8.58. The van der Waals surface area contributed by atoms with Crippen molar-refractivity contribution in [3.63, 3.8) is 0 Å². The standard InChI is InChI=1S/C14H19ClN2O/c1-9-4-2-3-5-13(9)17-14(18)11-7-6-10(16)8-12(11)15/h6-9,13H,2-5,16H2,1H3,(H,17,18)/t9-,13-/m0/s1. The Labute approximate surface area is 113 Å². The molecule has 0 aromatic heterocycles. The number of hydrogen-bond donors (Lipinski definition) is 2. The van der Waals surface area contributed by atoms with Crippen molar-refractivity contribution in [2.24, 2.45) is 5.92 Å². The monoisotopic (exact) mass is 266 g/mol. The van der Waals surface area contributed by atoms with Crippen molar-refractivity contribution in [1.82, 2.24) is 5.32 Å². The zero-order valence-electron chi connectivity index (χ0n) is 10.6. The summed E-state index contributed by atoms with van der Waals surface area (Å²) < 4.78 is 0. The Morgan fingerprint density at radius 3 is 2.78 bits per heavy atom. The average molecular weight is 267 g/mol. The number of halogens is 1. The average Bonchev–Trinajstić information content (AvgIpc) is 2.32. The minimum Gasteiger partial charge on any atom is -0.399 e. The summed E-state index contributed by atoms with van der Waals surface area (Å²) in [7, 11) is 0. The lowest BCUT2D eigenvalue weighted by atomic mass is 9.86. The predicted molar refractivity (Wildman–Crippen MR) is 74.8 cm³/mol. The van der Waals surface area contributed by atoms with Crippen molar-refractivity contribution < 1.29 is 4.79 Å². The Hall–Kier alpha value is -1.22. The number of carbonyl (C=O) groups is 1. The van der Waals surface area contributed by atoms with Crippen LogP contribution in [0.2, 0.25) is 5.02 Å². The summed E-state index contributed by atoms with van der Waals surface area (Å²) in [5.74, 6) is 0.439. The van der Waals surface area contributed by atoms with Crippen LogP contribution in [0.5, 0.6) is 0 Å². The number of amides is 1. The van der Waals surface area contributed by atoms with E-state index in [1.807, 2.05) is 0 Å². The number of nitrogen functional groups attached to an aromatic ring is 1. The van der Waals surface area contributed by atoms with E-state index in [0.717, 1.165) is 6.42 Å². The fraction of sp³-hybridized carbons (Fsp3) is 0.500. The lowest BCUT2D eigenvalue weighted by molar-refractivity contribution is 0.0910. The molecule has 1 aromatic carbocycles. The molecule has 98 valence electrons. The fourth-order valence-corrected chi connectivity index (χ4v) is 2.77. The van der Waals surface area contributed by atoms with E-state index in [4.69, 9.17) is 17.3 Å². The third-order valence-corrected chi connectivity index (χ3v) is 3.98. The Morgan fingerprint density at radius 2 is 2.11 bits per heavy atom. The van der Waals surface area contributed by atoms with Crippen molar-refractivity contribution in [2.75, 3.05) is 5.73 Å². The van der Waals surface area contributed by atoms with Gasteiger partial charge in [0.25, 0.3) is 5.91 Å². The first-order valence-corrected chi connectivity index (χ1v) is 6.81. The van der Waals surface area contributed by atoms with Gasteiger partial charge in [-0.1, -0.05) is 31.4 Å². The highest BCUT2D eigenvalue weighted by molar-refractivity contribution is 6.34. The molecule has 1 aliphatic carbocycles. The van der Waals surface area contributed by atoms with Crippen molar-refractivity contribution in [2.45, 2.75) is 38.6 Å². The number of hydrogen-bond acceptors (Lipinski definition) is 2. The van der Waals surface area contributed by atoms with Crippen LogP contribution < -0.4 is 11.1 Å². The van der Waals surface area contributed by atoms with E-state index in [0.29, 0.717) is 22.2 Å². The van der Waals surface area contributed by atoms with E-state index >= 15 is 0 Å². The van der Waals surface area contributed by atoms with E-state index in [1.165, 1.54) is 19.3 Å². The number of nitrogens with one attached hydrogen (secondary N) is 1. The molecule has 1 amide bonds. The van der Waals surface area contributed by atoms with Gasteiger partial charge in [0.15, 0.2) is 0 Å². The molecule has 3 nitrogen and oxygen atoms in total. The predicted octanol–water partition coefficient (Wildman–Crippen LogP) is 3.23. The van der Waals surface area contributed by atoms with Crippen molar-refractivity contribution >= 4 is 23.2 Å². The molecule has 4 heteroatoms. The van der Waals surface area contributed by atoms with Crippen LogP contribution in [0.15, 0.2) is 18.2 Å². The van der Waals surface area contributed by atoms with Gasteiger partial charge in [-0.25, -0.2) is 0 Å². The van der Waals surface area contributed by atoms with E-state index < -0.39 is 0 Å². The third-order valence-electron chi connectivity index (χ3n) is 3.67. The number of benzene rings is 1. The van der Waals surface area contributed by atoms with Gasteiger partial charge in [-0.2, -0.15) is 0 Å². The van der Waals surface area contributed by atoms with Gasteiger partial charge in [-0.05, 0) is 37.0 Å². The molecule has 0 saturated heterocycles. The second-order valence-corrected chi connectivity index (χ2v) is 5.49. The van der Waals surface area contributed by atoms with Gasteiger partial charge in [0, 0.05) is 11.7 Å². The van der Waals surface area contributed by atoms with Gasteiger partial charge in [-0.15, -0.1) is 0 Å². The lowest BCUT2D eigenvalue weighted by Gasteiger charge is -2.29. The summed E-state index contributed by atoms with van der Waals surface area (Å²) in [4.78, 5) is 12.2. The van der Waals surface area contributed by atoms with Gasteiger partial charge >= 0.3 is 0 Å². The molecule has 2 atom stereocenters. The summed E-state index contributed by atoms with van der Waals surface area (Å²) in [5.41, 5.74) is 6.69. The van der Waals surface area contributed by atoms with Crippen LogP contribution in [0, 0.1) is 5.92 Å². The summed E-state index contributed by atoms with van der Waals surface area (Å²) in [5, 5.41) is 3.49. The maximum Gasteiger partial charge on any atom is 0.253 e. The molecule has 0 heterocycles. The molecule has 1 fully saturated rings. The second kappa shape index (κ2) is 5.61. The van der Waals surface area contributed by atoms with Crippen LogP contribution in [0.3, 0.4) is 0 Å². The Kier molecular flexibility index (Phi) is 4.12. The topological polar surface area (TPSA) is 55.1 Å². The van der Waals surface area contributed by atoms with Gasteiger partial charge in [0.05, 0.1) is 10.6 Å². The molecule has 3 N–H and O–H groups in total. The molecule has 0 spiro atoms. The van der Waals surface area contributed by atoms with Crippen LogP contribution in [-0.4, -0.2) is 11.9 Å².